The Balaban J connectivity index is 1.86. The molecule has 1 saturated heterocycles. The van der Waals surface area contributed by atoms with Gasteiger partial charge in [0.15, 0.2) is 0 Å². The maximum absolute atomic E-state index is 13.2. The van der Waals surface area contributed by atoms with Gasteiger partial charge in [-0.2, -0.15) is 17.5 Å². The highest BCUT2D eigenvalue weighted by molar-refractivity contribution is 7.89. The van der Waals surface area contributed by atoms with Crippen LogP contribution < -0.4 is 10.6 Å². The molecule has 178 valence electrons. The molecule has 1 aliphatic heterocycles. The Labute approximate surface area is 187 Å². The van der Waals surface area contributed by atoms with Gasteiger partial charge in [0.2, 0.25) is 21.6 Å². The number of hydrogen-bond donors (Lipinski definition) is 3. The molecule has 10 nitrogen and oxygen atoms in total. The fourth-order valence-corrected chi connectivity index (χ4v) is 4.61. The van der Waals surface area contributed by atoms with E-state index in [1.165, 1.54) is 16.4 Å². The summed E-state index contributed by atoms with van der Waals surface area (Å²) in [7, 11) is -3.89. The van der Waals surface area contributed by atoms with Gasteiger partial charge in [0, 0.05) is 43.8 Å². The van der Waals surface area contributed by atoms with Gasteiger partial charge in [-0.1, -0.05) is 5.92 Å². The van der Waals surface area contributed by atoms with E-state index in [4.69, 9.17) is 10.8 Å². The van der Waals surface area contributed by atoms with Crippen LogP contribution in [0.25, 0.3) is 0 Å². The molecule has 3 heterocycles. The third-order valence-corrected chi connectivity index (χ3v) is 6.97. The molecule has 0 unspecified atom stereocenters. The zero-order chi connectivity index (χ0) is 24.4. The zero-order valence-electron chi connectivity index (χ0n) is 17.4. The molecule has 0 saturated carbocycles. The summed E-state index contributed by atoms with van der Waals surface area (Å²) in [5, 5.41) is 18.9. The SMILES string of the molecule is CC#C[C@H]1CN(S(=O)(=O)c2ccc(N)nc2)CCN1c1ncc([C@@](O)(CO)C(F)(F)F)cn1. The number of halogens is 3. The van der Waals surface area contributed by atoms with Crippen molar-refractivity contribution < 1.29 is 31.8 Å². The number of nitrogen functional groups attached to an aromatic ring is 1. The van der Waals surface area contributed by atoms with E-state index in [0.717, 1.165) is 18.6 Å². The number of nitrogens with two attached hydrogens (primary N) is 1. The van der Waals surface area contributed by atoms with Crippen molar-refractivity contribution in [1.82, 2.24) is 19.3 Å². The van der Waals surface area contributed by atoms with Crippen LogP contribution in [0.5, 0.6) is 0 Å². The number of aromatic nitrogens is 3. The quantitative estimate of drug-likeness (QED) is 0.501. The fraction of sp³-hybridized carbons (Fsp3) is 0.421. The summed E-state index contributed by atoms with van der Waals surface area (Å²) in [5.41, 5.74) is 1.28. The molecule has 0 aromatic carbocycles. The second-order valence-electron chi connectivity index (χ2n) is 7.17. The molecule has 1 fully saturated rings. The van der Waals surface area contributed by atoms with Crippen molar-refractivity contribution in [1.29, 1.82) is 0 Å². The molecule has 1 aliphatic rings. The van der Waals surface area contributed by atoms with Gasteiger partial charge in [-0.15, -0.1) is 5.92 Å². The number of aliphatic hydroxyl groups excluding tert-OH is 1. The van der Waals surface area contributed by atoms with Crippen LogP contribution in [0.2, 0.25) is 0 Å². The van der Waals surface area contributed by atoms with Crippen LogP contribution in [0, 0.1) is 11.8 Å². The summed E-state index contributed by atoms with van der Waals surface area (Å²) in [5.74, 6) is 5.74. The first-order chi connectivity index (χ1) is 15.4. The van der Waals surface area contributed by atoms with E-state index >= 15 is 0 Å². The molecule has 0 radical (unpaired) electrons. The first kappa shape index (κ1) is 24.6. The average molecular weight is 486 g/mol. The summed E-state index contributed by atoms with van der Waals surface area (Å²) < 4.78 is 66.6. The molecule has 0 bridgehead atoms. The van der Waals surface area contributed by atoms with Crippen molar-refractivity contribution in [3.63, 3.8) is 0 Å². The molecule has 0 amide bonds. The van der Waals surface area contributed by atoms with Crippen molar-refractivity contribution in [2.45, 2.75) is 29.6 Å². The Morgan fingerprint density at radius 2 is 1.85 bits per heavy atom. The number of alkyl halides is 3. The number of piperazine rings is 1. The highest BCUT2D eigenvalue weighted by atomic mass is 32.2. The average Bonchev–Trinajstić information content (AvgIpc) is 2.78. The molecule has 33 heavy (non-hydrogen) atoms. The van der Waals surface area contributed by atoms with Gasteiger partial charge in [0.05, 0.1) is 6.61 Å². The predicted octanol–water partition coefficient (Wildman–Crippen LogP) is 0.0988. The third kappa shape index (κ3) is 4.71. The van der Waals surface area contributed by atoms with Crippen LogP contribution in [0.3, 0.4) is 0 Å². The number of hydrogen-bond acceptors (Lipinski definition) is 9. The molecule has 0 aliphatic carbocycles. The maximum Gasteiger partial charge on any atom is 0.423 e. The lowest BCUT2D eigenvalue weighted by Crippen LogP contribution is -2.55. The number of aliphatic hydroxyl groups is 2. The van der Waals surface area contributed by atoms with Gasteiger partial charge < -0.3 is 20.8 Å². The Kier molecular flexibility index (Phi) is 6.80. The standard InChI is InChI=1S/C19H21F3N6O4S/c1-2-3-14-11-27(33(31,32)15-4-5-16(23)24-10-15)6-7-28(14)17-25-8-13(9-26-17)18(30,12-29)19(20,21)22/h4-5,8-10,14,29-30H,6-7,11-12H2,1H3,(H2,23,24)/t14-,18-/m0/s1. The van der Waals surface area contributed by atoms with E-state index in [-0.39, 0.29) is 36.3 Å². The minimum absolute atomic E-state index is 0.000151. The Morgan fingerprint density at radius 1 is 1.18 bits per heavy atom. The Bertz CT molecular complexity index is 1150. The summed E-state index contributed by atoms with van der Waals surface area (Å²) in [6.45, 7) is 0.0400. The number of sulfonamides is 1. The normalized spacial score (nSPS) is 19.5. The molecule has 4 N–H and O–H groups in total. The van der Waals surface area contributed by atoms with Gasteiger partial charge in [0.25, 0.3) is 0 Å². The smallest absolute Gasteiger partial charge is 0.393 e. The Hall–Kier alpha value is -2.99. The van der Waals surface area contributed by atoms with E-state index in [9.17, 15) is 26.7 Å². The number of rotatable bonds is 5. The number of pyridine rings is 1. The first-order valence-corrected chi connectivity index (χ1v) is 11.0. The maximum atomic E-state index is 13.2. The second kappa shape index (κ2) is 9.10. The van der Waals surface area contributed by atoms with Gasteiger partial charge >= 0.3 is 6.18 Å². The van der Waals surface area contributed by atoms with E-state index < -0.39 is 40.0 Å². The lowest BCUT2D eigenvalue weighted by Gasteiger charge is -2.38. The summed E-state index contributed by atoms with van der Waals surface area (Å²) in [6.07, 6.45) is -2.45. The lowest BCUT2D eigenvalue weighted by molar-refractivity contribution is -0.277. The van der Waals surface area contributed by atoms with Crippen LogP contribution >= 0.6 is 0 Å². The minimum atomic E-state index is -5.14. The topological polar surface area (TPSA) is 146 Å². The number of nitrogens with zero attached hydrogens (tertiary/aromatic N) is 5. The molecular weight excluding hydrogens is 465 g/mol. The Morgan fingerprint density at radius 3 is 2.36 bits per heavy atom. The van der Waals surface area contributed by atoms with Crippen LogP contribution in [0.4, 0.5) is 24.9 Å². The van der Waals surface area contributed by atoms with Crippen molar-refractivity contribution in [3.8, 4) is 11.8 Å². The molecule has 2 aromatic heterocycles. The zero-order valence-corrected chi connectivity index (χ0v) is 18.2. The predicted molar refractivity (Wildman–Crippen MR) is 111 cm³/mol. The molecule has 0 spiro atoms. The van der Waals surface area contributed by atoms with Crippen LogP contribution in [-0.2, 0) is 15.6 Å². The van der Waals surface area contributed by atoms with Gasteiger partial charge in [-0.3, -0.25) is 0 Å². The third-order valence-electron chi connectivity index (χ3n) is 5.12. The second-order valence-corrected chi connectivity index (χ2v) is 9.11. The first-order valence-electron chi connectivity index (χ1n) is 9.57. The van der Waals surface area contributed by atoms with Gasteiger partial charge in [-0.25, -0.2) is 23.4 Å². The van der Waals surface area contributed by atoms with E-state index in [2.05, 4.69) is 26.8 Å². The van der Waals surface area contributed by atoms with Gasteiger partial charge in [-0.05, 0) is 19.1 Å². The van der Waals surface area contributed by atoms with Crippen LogP contribution in [0.15, 0.2) is 35.6 Å². The van der Waals surface area contributed by atoms with E-state index in [0.29, 0.717) is 0 Å². The molecule has 2 atom stereocenters. The van der Waals surface area contributed by atoms with E-state index in [1.807, 2.05) is 0 Å². The van der Waals surface area contributed by atoms with Gasteiger partial charge in [0.1, 0.15) is 16.8 Å². The van der Waals surface area contributed by atoms with Crippen molar-refractivity contribution in [2.24, 2.45) is 0 Å². The largest absolute Gasteiger partial charge is 0.423 e. The minimum Gasteiger partial charge on any atom is -0.393 e. The van der Waals surface area contributed by atoms with Crippen molar-refractivity contribution in [2.75, 3.05) is 36.9 Å². The highest BCUT2D eigenvalue weighted by Crippen LogP contribution is 2.38. The van der Waals surface area contributed by atoms with Crippen molar-refractivity contribution in [3.05, 3.63) is 36.3 Å². The molecule has 2 aromatic rings. The van der Waals surface area contributed by atoms with Crippen molar-refractivity contribution >= 4 is 21.8 Å². The van der Waals surface area contributed by atoms with E-state index in [1.54, 1.807) is 11.8 Å². The molecule has 14 heteroatoms. The fourth-order valence-electron chi connectivity index (χ4n) is 3.23. The molecular formula is C19H21F3N6O4S. The lowest BCUT2D eigenvalue weighted by atomic mass is 9.97. The van der Waals surface area contributed by atoms with Crippen LogP contribution in [0.1, 0.15) is 12.5 Å². The monoisotopic (exact) mass is 486 g/mol. The molecule has 3 rings (SSSR count). The van der Waals surface area contributed by atoms with Crippen LogP contribution in [-0.4, -0.2) is 76.3 Å². The summed E-state index contributed by atoms with van der Waals surface area (Å²) >= 11 is 0. The summed E-state index contributed by atoms with van der Waals surface area (Å²) in [4.78, 5) is 13.1. The highest BCUT2D eigenvalue weighted by Gasteiger charge is 2.55. The number of anilines is 2. The summed E-state index contributed by atoms with van der Waals surface area (Å²) in [6, 6.07) is 2.02.